The molecule has 0 amide bonds. The van der Waals surface area contributed by atoms with Gasteiger partial charge in [-0.05, 0) is 37.1 Å². The first-order valence-corrected chi connectivity index (χ1v) is 7.10. The lowest BCUT2D eigenvalue weighted by Gasteiger charge is -2.01. The minimum atomic E-state index is -0.942. The summed E-state index contributed by atoms with van der Waals surface area (Å²) in [5.74, 6) is 2.30. The summed E-state index contributed by atoms with van der Waals surface area (Å²) >= 11 is 0. The molecular weight excluding hydrogens is 278 g/mol. The third-order valence-electron chi connectivity index (χ3n) is 3.63. The summed E-state index contributed by atoms with van der Waals surface area (Å²) in [6.07, 6.45) is 11.5. The van der Waals surface area contributed by atoms with Crippen LogP contribution in [0.1, 0.15) is 35.3 Å². The lowest BCUT2D eigenvalue weighted by molar-refractivity contribution is 0.0698. The molecule has 1 N–H and O–H groups in total. The molecule has 0 atom stereocenters. The number of rotatable bonds is 6. The van der Waals surface area contributed by atoms with Gasteiger partial charge in [-0.15, -0.1) is 12.3 Å². The molecule has 0 bridgehead atoms. The van der Waals surface area contributed by atoms with Gasteiger partial charge < -0.3 is 14.4 Å². The molecule has 0 spiro atoms. The van der Waals surface area contributed by atoms with E-state index in [9.17, 15) is 9.90 Å². The number of terminal acetylenes is 1. The van der Waals surface area contributed by atoms with Crippen molar-refractivity contribution in [3.63, 3.8) is 0 Å². The Morgan fingerprint density at radius 3 is 2.91 bits per heavy atom. The van der Waals surface area contributed by atoms with Gasteiger partial charge in [0, 0.05) is 24.4 Å². The lowest BCUT2D eigenvalue weighted by atomic mass is 10.1. The molecule has 0 unspecified atom stereocenters. The van der Waals surface area contributed by atoms with Crippen molar-refractivity contribution < 1.29 is 14.6 Å². The molecule has 0 saturated carbocycles. The number of carbonyl (C=O) groups is 1. The van der Waals surface area contributed by atoms with Gasteiger partial charge in [-0.25, -0.2) is 4.79 Å². The van der Waals surface area contributed by atoms with Crippen molar-refractivity contribution in [3.8, 4) is 18.1 Å². The maximum atomic E-state index is 11.7. The van der Waals surface area contributed by atoms with Crippen molar-refractivity contribution in [2.24, 2.45) is 7.05 Å². The number of methoxy groups -OCH3 is 1. The maximum Gasteiger partial charge on any atom is 0.338 e. The summed E-state index contributed by atoms with van der Waals surface area (Å²) in [5.41, 5.74) is 1.84. The number of carboxylic acids is 1. The average molecular weight is 297 g/mol. The highest BCUT2D eigenvalue weighted by molar-refractivity contribution is 6.07. The predicted molar refractivity (Wildman–Crippen MR) is 88.1 cm³/mol. The molecule has 4 nitrogen and oxygen atoms in total. The molecule has 4 heteroatoms. The van der Waals surface area contributed by atoms with E-state index in [4.69, 9.17) is 11.2 Å². The third kappa shape index (κ3) is 2.99. The van der Waals surface area contributed by atoms with Crippen LogP contribution in [-0.4, -0.2) is 22.8 Å². The number of carboxylic acid groups (broad SMARTS) is 1. The van der Waals surface area contributed by atoms with Crippen LogP contribution in [-0.2, 0) is 7.05 Å². The van der Waals surface area contributed by atoms with Gasteiger partial charge in [0.15, 0.2) is 0 Å². The second-order valence-corrected chi connectivity index (χ2v) is 5.01. The van der Waals surface area contributed by atoms with E-state index in [1.54, 1.807) is 13.2 Å². The van der Waals surface area contributed by atoms with Gasteiger partial charge in [0.1, 0.15) is 5.75 Å². The van der Waals surface area contributed by atoms with Gasteiger partial charge in [-0.2, -0.15) is 0 Å². The number of aromatic carboxylic acids is 1. The lowest BCUT2D eigenvalue weighted by Crippen LogP contribution is -2.00. The Hall–Kier alpha value is -2.67. The summed E-state index contributed by atoms with van der Waals surface area (Å²) in [4.78, 5) is 11.7. The fraction of sp³-hybridized carbons (Fsp3) is 0.278. The molecule has 114 valence electrons. The average Bonchev–Trinajstić information content (AvgIpc) is 2.79. The molecule has 1 heterocycles. The van der Waals surface area contributed by atoms with Crippen molar-refractivity contribution in [2.45, 2.75) is 19.3 Å². The van der Waals surface area contributed by atoms with E-state index in [1.807, 2.05) is 35.9 Å². The highest BCUT2D eigenvalue weighted by Gasteiger charge is 2.19. The van der Waals surface area contributed by atoms with Crippen molar-refractivity contribution in [1.82, 2.24) is 4.57 Å². The van der Waals surface area contributed by atoms with Crippen molar-refractivity contribution >= 4 is 22.9 Å². The van der Waals surface area contributed by atoms with Gasteiger partial charge in [-0.1, -0.05) is 6.08 Å². The molecule has 0 aliphatic heterocycles. The van der Waals surface area contributed by atoms with Crippen LogP contribution in [0.25, 0.3) is 17.0 Å². The second kappa shape index (κ2) is 6.86. The number of unbranched alkanes of at least 4 members (excludes halogenated alkanes) is 2. The SMILES string of the molecule is C#CCCC/C=C/c1c(C(=O)O)c2cc(OC)ccc2n1C. The van der Waals surface area contributed by atoms with Gasteiger partial charge in [0.05, 0.1) is 18.4 Å². The fourth-order valence-corrected chi connectivity index (χ4v) is 2.51. The highest BCUT2D eigenvalue weighted by Crippen LogP contribution is 2.29. The molecule has 0 radical (unpaired) electrons. The quantitative estimate of drug-likeness (QED) is 0.653. The topological polar surface area (TPSA) is 51.5 Å². The van der Waals surface area contributed by atoms with Crippen LogP contribution in [0.5, 0.6) is 5.75 Å². The van der Waals surface area contributed by atoms with E-state index in [0.717, 1.165) is 24.8 Å². The van der Waals surface area contributed by atoms with Gasteiger partial charge >= 0.3 is 5.97 Å². The highest BCUT2D eigenvalue weighted by atomic mass is 16.5. The molecule has 22 heavy (non-hydrogen) atoms. The summed E-state index contributed by atoms with van der Waals surface area (Å²) in [6.45, 7) is 0. The van der Waals surface area contributed by atoms with E-state index in [-0.39, 0.29) is 0 Å². The van der Waals surface area contributed by atoms with Crippen LogP contribution < -0.4 is 4.74 Å². The first kappa shape index (κ1) is 15.7. The Labute approximate surface area is 130 Å². The van der Waals surface area contributed by atoms with E-state index >= 15 is 0 Å². The smallest absolute Gasteiger partial charge is 0.338 e. The molecule has 0 fully saturated rings. The summed E-state index contributed by atoms with van der Waals surface area (Å²) in [5, 5.41) is 10.2. The maximum absolute atomic E-state index is 11.7. The van der Waals surface area contributed by atoms with Crippen LogP contribution in [0.2, 0.25) is 0 Å². The van der Waals surface area contributed by atoms with E-state index in [2.05, 4.69) is 5.92 Å². The molecule has 2 rings (SSSR count). The molecular formula is C18H19NO3. The molecule has 0 aliphatic carbocycles. The first-order valence-electron chi connectivity index (χ1n) is 7.10. The van der Waals surface area contributed by atoms with Crippen LogP contribution in [0.3, 0.4) is 0 Å². The number of benzene rings is 1. The third-order valence-corrected chi connectivity index (χ3v) is 3.63. The van der Waals surface area contributed by atoms with Crippen LogP contribution in [0.15, 0.2) is 24.3 Å². The summed E-state index contributed by atoms with van der Waals surface area (Å²) in [6, 6.07) is 5.46. The minimum absolute atomic E-state index is 0.296. The zero-order valence-corrected chi connectivity index (χ0v) is 12.8. The number of hydrogen-bond acceptors (Lipinski definition) is 2. The van der Waals surface area contributed by atoms with E-state index in [1.165, 1.54) is 0 Å². The molecule has 1 aromatic heterocycles. The zero-order valence-electron chi connectivity index (χ0n) is 12.8. The Bertz CT molecular complexity index is 763. The Kier molecular flexibility index (Phi) is 4.90. The Balaban J connectivity index is 2.48. The van der Waals surface area contributed by atoms with Gasteiger partial charge in [-0.3, -0.25) is 0 Å². The standard InChI is InChI=1S/C18H19NO3/c1-4-5-6-7-8-9-16-17(18(20)21)14-12-13(22-3)10-11-15(14)19(16)2/h1,8-12H,5-7H2,2-3H3,(H,20,21)/b9-8+. The number of allylic oxidation sites excluding steroid dienone is 1. The van der Waals surface area contributed by atoms with Gasteiger partial charge in [0.25, 0.3) is 0 Å². The van der Waals surface area contributed by atoms with Crippen molar-refractivity contribution in [1.29, 1.82) is 0 Å². The fourth-order valence-electron chi connectivity index (χ4n) is 2.51. The van der Waals surface area contributed by atoms with Crippen LogP contribution in [0.4, 0.5) is 0 Å². The van der Waals surface area contributed by atoms with Crippen molar-refractivity contribution in [2.75, 3.05) is 7.11 Å². The monoisotopic (exact) mass is 297 g/mol. The number of aryl methyl sites for hydroxylation is 1. The minimum Gasteiger partial charge on any atom is -0.497 e. The summed E-state index contributed by atoms with van der Waals surface area (Å²) in [7, 11) is 3.43. The molecule has 0 aliphatic rings. The van der Waals surface area contributed by atoms with Gasteiger partial charge in [0.2, 0.25) is 0 Å². The normalized spacial score (nSPS) is 11.0. The number of aromatic nitrogens is 1. The zero-order chi connectivity index (χ0) is 16.1. The predicted octanol–water partition coefficient (Wildman–Crippen LogP) is 3.70. The van der Waals surface area contributed by atoms with E-state index < -0.39 is 5.97 Å². The van der Waals surface area contributed by atoms with E-state index in [0.29, 0.717) is 22.4 Å². The first-order chi connectivity index (χ1) is 10.6. The number of hydrogen-bond donors (Lipinski definition) is 1. The number of nitrogens with zero attached hydrogens (tertiary/aromatic N) is 1. The number of ether oxygens (including phenoxy) is 1. The Morgan fingerprint density at radius 1 is 1.50 bits per heavy atom. The van der Waals surface area contributed by atoms with Crippen molar-refractivity contribution in [3.05, 3.63) is 35.5 Å². The Morgan fingerprint density at radius 2 is 2.27 bits per heavy atom. The summed E-state index contributed by atoms with van der Waals surface area (Å²) < 4.78 is 7.08. The van der Waals surface area contributed by atoms with Crippen LogP contribution >= 0.6 is 0 Å². The second-order valence-electron chi connectivity index (χ2n) is 5.01. The molecule has 2 aromatic rings. The molecule has 1 aromatic carbocycles. The largest absolute Gasteiger partial charge is 0.497 e. The molecule has 0 saturated heterocycles. The number of fused-ring (bicyclic) bond motifs is 1. The van der Waals surface area contributed by atoms with Crippen LogP contribution in [0, 0.1) is 12.3 Å².